The molecule has 0 aromatic rings. The maximum Gasteiger partial charge on any atom is 0.00956 e. The minimum absolute atomic E-state index is 0.524. The van der Waals surface area contributed by atoms with Crippen molar-refractivity contribution in [3.05, 3.63) is 0 Å². The molecule has 0 saturated heterocycles. The molecular weight excluding hydrogens is 110 g/mol. The van der Waals surface area contributed by atoms with Gasteiger partial charge in [0.15, 0.2) is 0 Å². The van der Waals surface area contributed by atoms with Crippen molar-refractivity contribution in [2.24, 2.45) is 17.1 Å². The molecular formula is C8H15N. The van der Waals surface area contributed by atoms with E-state index in [0.717, 1.165) is 5.92 Å². The van der Waals surface area contributed by atoms with E-state index in [4.69, 9.17) is 5.73 Å². The fourth-order valence-corrected chi connectivity index (χ4v) is 2.58. The second kappa shape index (κ2) is 1.51. The summed E-state index contributed by atoms with van der Waals surface area (Å²) >= 11 is 0. The molecule has 2 aliphatic rings. The smallest absolute Gasteiger partial charge is 0.00956 e. The number of fused-ring (bicyclic) bond motifs is 2. The molecule has 0 amide bonds. The van der Waals surface area contributed by atoms with E-state index < -0.39 is 0 Å². The van der Waals surface area contributed by atoms with E-state index in [1.807, 2.05) is 0 Å². The fourth-order valence-electron chi connectivity index (χ4n) is 2.58. The molecule has 2 rings (SSSR count). The molecule has 2 fully saturated rings. The molecule has 0 spiro atoms. The van der Waals surface area contributed by atoms with E-state index in [9.17, 15) is 0 Å². The predicted molar refractivity (Wildman–Crippen MR) is 38.0 cm³/mol. The minimum Gasteiger partial charge on any atom is -0.327 e. The van der Waals surface area contributed by atoms with E-state index in [1.54, 1.807) is 0 Å². The van der Waals surface area contributed by atoms with Crippen LogP contribution in [0.4, 0.5) is 0 Å². The number of hydrogen-bond donors (Lipinski definition) is 1. The van der Waals surface area contributed by atoms with Crippen molar-refractivity contribution in [3.8, 4) is 0 Å². The number of hydrogen-bond acceptors (Lipinski definition) is 1. The van der Waals surface area contributed by atoms with Crippen LogP contribution < -0.4 is 5.73 Å². The Morgan fingerprint density at radius 2 is 2.33 bits per heavy atom. The molecule has 2 N–H and O–H groups in total. The molecule has 9 heavy (non-hydrogen) atoms. The van der Waals surface area contributed by atoms with Gasteiger partial charge in [0.25, 0.3) is 0 Å². The molecule has 0 aliphatic heterocycles. The zero-order valence-corrected chi connectivity index (χ0v) is 6.06. The normalized spacial score (nSPS) is 56.7. The average Bonchev–Trinajstić information content (AvgIpc) is 2.22. The van der Waals surface area contributed by atoms with Gasteiger partial charge in [0, 0.05) is 6.04 Å². The Morgan fingerprint density at radius 1 is 1.56 bits per heavy atom. The van der Waals surface area contributed by atoms with Gasteiger partial charge in [-0.2, -0.15) is 0 Å². The summed E-state index contributed by atoms with van der Waals surface area (Å²) in [6.07, 6.45) is 5.55. The van der Waals surface area contributed by atoms with Gasteiger partial charge in [-0.3, -0.25) is 0 Å². The van der Waals surface area contributed by atoms with Gasteiger partial charge in [-0.15, -0.1) is 0 Å². The van der Waals surface area contributed by atoms with Crippen LogP contribution in [-0.2, 0) is 0 Å². The first-order chi connectivity index (χ1) is 4.21. The predicted octanol–water partition coefficient (Wildman–Crippen LogP) is 1.52. The van der Waals surface area contributed by atoms with Gasteiger partial charge in [0.2, 0.25) is 0 Å². The quantitative estimate of drug-likeness (QED) is 0.522. The highest BCUT2D eigenvalue weighted by Gasteiger charge is 2.46. The molecule has 52 valence electrons. The second-order valence-corrected chi connectivity index (χ2v) is 4.11. The molecule has 2 aliphatic carbocycles. The summed E-state index contributed by atoms with van der Waals surface area (Å²) in [7, 11) is 0. The molecule has 0 aromatic heterocycles. The monoisotopic (exact) mass is 125 g/mol. The minimum atomic E-state index is 0.524. The summed E-state index contributed by atoms with van der Waals surface area (Å²) < 4.78 is 0. The lowest BCUT2D eigenvalue weighted by Gasteiger charge is -2.27. The highest BCUT2D eigenvalue weighted by atomic mass is 14.7. The van der Waals surface area contributed by atoms with Gasteiger partial charge in [-0.1, -0.05) is 6.92 Å². The molecule has 0 radical (unpaired) electrons. The van der Waals surface area contributed by atoms with Crippen LogP contribution in [-0.4, -0.2) is 6.04 Å². The molecule has 0 aromatic carbocycles. The van der Waals surface area contributed by atoms with E-state index in [1.165, 1.54) is 25.7 Å². The average molecular weight is 125 g/mol. The van der Waals surface area contributed by atoms with Crippen molar-refractivity contribution in [1.29, 1.82) is 0 Å². The summed E-state index contributed by atoms with van der Waals surface area (Å²) in [6, 6.07) is 0.524. The van der Waals surface area contributed by atoms with Crippen LogP contribution in [0.2, 0.25) is 0 Å². The SMILES string of the molecule is C[C@]12CC[C@H](C[C@H]1N)C2. The van der Waals surface area contributed by atoms with E-state index in [2.05, 4.69) is 6.92 Å². The summed E-state index contributed by atoms with van der Waals surface area (Å²) in [4.78, 5) is 0. The van der Waals surface area contributed by atoms with Crippen molar-refractivity contribution < 1.29 is 0 Å². The molecule has 1 nitrogen and oxygen atoms in total. The van der Waals surface area contributed by atoms with Crippen LogP contribution >= 0.6 is 0 Å². The maximum atomic E-state index is 5.95. The highest BCUT2D eigenvalue weighted by Crippen LogP contribution is 2.52. The first-order valence-corrected chi connectivity index (χ1v) is 3.96. The van der Waals surface area contributed by atoms with Crippen LogP contribution in [0.5, 0.6) is 0 Å². The molecule has 2 saturated carbocycles. The van der Waals surface area contributed by atoms with E-state index >= 15 is 0 Å². The second-order valence-electron chi connectivity index (χ2n) is 4.11. The van der Waals surface area contributed by atoms with Crippen LogP contribution in [0.3, 0.4) is 0 Å². The topological polar surface area (TPSA) is 26.0 Å². The Bertz CT molecular complexity index is 133. The van der Waals surface area contributed by atoms with Crippen LogP contribution in [0.15, 0.2) is 0 Å². The third kappa shape index (κ3) is 0.644. The Kier molecular flexibility index (Phi) is 0.963. The summed E-state index contributed by atoms with van der Waals surface area (Å²) in [5, 5.41) is 0. The standard InChI is InChI=1S/C8H15N/c1-8-3-2-6(5-8)4-7(8)9/h6-7H,2-5,9H2,1H3/t6-,7-,8-/m1/s1. The van der Waals surface area contributed by atoms with Crippen LogP contribution in [0.1, 0.15) is 32.6 Å². The summed E-state index contributed by atoms with van der Waals surface area (Å²) in [6.45, 7) is 2.35. The maximum absolute atomic E-state index is 5.95. The lowest BCUT2D eigenvalue weighted by atomic mass is 9.83. The Hall–Kier alpha value is -0.0400. The van der Waals surface area contributed by atoms with Crippen molar-refractivity contribution in [2.45, 2.75) is 38.6 Å². The van der Waals surface area contributed by atoms with E-state index in [-0.39, 0.29) is 0 Å². The molecule has 1 heteroatoms. The lowest BCUT2D eigenvalue weighted by molar-refractivity contribution is 0.282. The third-order valence-corrected chi connectivity index (χ3v) is 3.36. The summed E-state index contributed by atoms with van der Waals surface area (Å²) in [5.74, 6) is 0.991. The number of rotatable bonds is 0. The largest absolute Gasteiger partial charge is 0.327 e. The van der Waals surface area contributed by atoms with Gasteiger partial charge in [-0.25, -0.2) is 0 Å². The van der Waals surface area contributed by atoms with Crippen molar-refractivity contribution >= 4 is 0 Å². The zero-order valence-electron chi connectivity index (χ0n) is 6.06. The lowest BCUT2D eigenvalue weighted by Crippen LogP contribution is -2.34. The molecule has 0 heterocycles. The molecule has 0 unspecified atom stereocenters. The number of nitrogens with two attached hydrogens (primary N) is 1. The Morgan fingerprint density at radius 3 is 2.56 bits per heavy atom. The third-order valence-electron chi connectivity index (χ3n) is 3.36. The summed E-state index contributed by atoms with van der Waals surface area (Å²) in [5.41, 5.74) is 6.50. The molecule has 3 atom stereocenters. The fraction of sp³-hybridized carbons (Fsp3) is 1.00. The van der Waals surface area contributed by atoms with Gasteiger partial charge in [0.1, 0.15) is 0 Å². The van der Waals surface area contributed by atoms with E-state index in [0.29, 0.717) is 11.5 Å². The Labute approximate surface area is 56.6 Å². The Balaban J connectivity index is 2.22. The van der Waals surface area contributed by atoms with Crippen molar-refractivity contribution in [3.63, 3.8) is 0 Å². The first kappa shape index (κ1) is 5.72. The molecule has 2 bridgehead atoms. The van der Waals surface area contributed by atoms with Crippen molar-refractivity contribution in [1.82, 2.24) is 0 Å². The van der Waals surface area contributed by atoms with Gasteiger partial charge in [-0.05, 0) is 37.0 Å². The van der Waals surface area contributed by atoms with Crippen molar-refractivity contribution in [2.75, 3.05) is 0 Å². The van der Waals surface area contributed by atoms with Crippen LogP contribution in [0, 0.1) is 11.3 Å². The van der Waals surface area contributed by atoms with Gasteiger partial charge in [0.05, 0.1) is 0 Å². The first-order valence-electron chi connectivity index (χ1n) is 3.96. The van der Waals surface area contributed by atoms with Gasteiger partial charge < -0.3 is 5.73 Å². The van der Waals surface area contributed by atoms with Crippen LogP contribution in [0.25, 0.3) is 0 Å². The highest BCUT2D eigenvalue weighted by molar-refractivity contribution is 5.00. The van der Waals surface area contributed by atoms with Gasteiger partial charge >= 0.3 is 0 Å². The zero-order chi connectivity index (χ0) is 6.48.